The minimum atomic E-state index is -7.66. The summed E-state index contributed by atoms with van der Waals surface area (Å²) in [4.78, 5) is 0. The third-order valence-corrected chi connectivity index (χ3v) is 1.73. The van der Waals surface area contributed by atoms with Gasteiger partial charge in [-0.2, -0.15) is 57.1 Å². The van der Waals surface area contributed by atoms with Gasteiger partial charge >= 0.3 is 36.3 Å². The summed E-state index contributed by atoms with van der Waals surface area (Å²) in [5.74, 6) is -15.3. The normalized spacial score (nSPS) is 18.6. The highest BCUT2D eigenvalue weighted by atomic mass is 19.4. The molecular formula is C6HF13O2. The van der Waals surface area contributed by atoms with Gasteiger partial charge in [-0.1, -0.05) is 0 Å². The summed E-state index contributed by atoms with van der Waals surface area (Å²) in [6, 6.07) is -6.61. The van der Waals surface area contributed by atoms with Gasteiger partial charge in [-0.25, -0.2) is 4.74 Å². The molecule has 15 heteroatoms. The SMILES string of the molecule is OC(F)(OC(F)(F)C(F)(F)C(F)(F)C(F)(F)F)C(F)(F)F. The van der Waals surface area contributed by atoms with Gasteiger partial charge in [-0.3, -0.25) is 0 Å². The number of alkyl halides is 13. The number of ether oxygens (including phenoxy) is 1. The molecule has 0 bridgehead atoms. The average Bonchev–Trinajstić information content (AvgIpc) is 2.11. The van der Waals surface area contributed by atoms with E-state index in [0.717, 1.165) is 0 Å². The lowest BCUT2D eigenvalue weighted by atomic mass is 10.1. The van der Waals surface area contributed by atoms with E-state index in [2.05, 4.69) is 0 Å². The van der Waals surface area contributed by atoms with E-state index in [0.29, 0.717) is 0 Å². The Labute approximate surface area is 105 Å². The van der Waals surface area contributed by atoms with Crippen LogP contribution < -0.4 is 0 Å². The first-order valence-corrected chi connectivity index (χ1v) is 4.09. The van der Waals surface area contributed by atoms with Crippen LogP contribution in [0, 0.1) is 0 Å². The van der Waals surface area contributed by atoms with Crippen LogP contribution in [-0.2, 0) is 4.74 Å². The molecule has 0 aromatic rings. The fraction of sp³-hybridized carbons (Fsp3) is 1.00. The lowest BCUT2D eigenvalue weighted by Crippen LogP contribution is -2.64. The third kappa shape index (κ3) is 3.27. The molecule has 0 radical (unpaired) electrons. The first kappa shape index (κ1) is 20.0. The van der Waals surface area contributed by atoms with Gasteiger partial charge < -0.3 is 5.11 Å². The molecule has 0 saturated heterocycles. The summed E-state index contributed by atoms with van der Waals surface area (Å²) in [6.45, 7) is 0. The predicted molar refractivity (Wildman–Crippen MR) is 34.1 cm³/mol. The Balaban J connectivity index is 5.71. The Morgan fingerprint density at radius 3 is 1.10 bits per heavy atom. The van der Waals surface area contributed by atoms with E-state index in [1.165, 1.54) is 4.74 Å². The second-order valence-electron chi connectivity index (χ2n) is 3.32. The summed E-state index contributed by atoms with van der Waals surface area (Å²) in [5, 5.41) is 7.67. The fourth-order valence-electron chi connectivity index (χ4n) is 0.653. The quantitative estimate of drug-likeness (QED) is 0.619. The molecule has 0 saturated carbocycles. The van der Waals surface area contributed by atoms with E-state index in [9.17, 15) is 57.1 Å². The van der Waals surface area contributed by atoms with Gasteiger partial charge in [0.15, 0.2) is 0 Å². The molecule has 1 atom stereocenters. The summed E-state index contributed by atoms with van der Waals surface area (Å²) >= 11 is 0. The van der Waals surface area contributed by atoms with Crippen LogP contribution in [0.5, 0.6) is 0 Å². The number of hydrogen-bond donors (Lipinski definition) is 1. The van der Waals surface area contributed by atoms with Crippen LogP contribution in [0.25, 0.3) is 0 Å². The molecule has 0 amide bonds. The maximum atomic E-state index is 12.4. The lowest BCUT2D eigenvalue weighted by Gasteiger charge is -2.35. The van der Waals surface area contributed by atoms with Crippen molar-refractivity contribution in [2.24, 2.45) is 0 Å². The maximum Gasteiger partial charge on any atom is 0.478 e. The van der Waals surface area contributed by atoms with Crippen LogP contribution in [0.15, 0.2) is 0 Å². The van der Waals surface area contributed by atoms with Crippen LogP contribution in [0.4, 0.5) is 57.1 Å². The summed E-state index contributed by atoms with van der Waals surface area (Å²) < 4.78 is 157. The molecule has 0 heterocycles. The highest BCUT2D eigenvalue weighted by Gasteiger charge is 2.84. The van der Waals surface area contributed by atoms with Gasteiger partial charge in [-0.05, 0) is 0 Å². The van der Waals surface area contributed by atoms with E-state index in [1.807, 2.05) is 0 Å². The van der Waals surface area contributed by atoms with E-state index in [4.69, 9.17) is 5.11 Å². The number of halogens is 13. The Kier molecular flexibility index (Phi) is 4.53. The first-order chi connectivity index (χ1) is 8.71. The van der Waals surface area contributed by atoms with Gasteiger partial charge in [0.25, 0.3) is 0 Å². The van der Waals surface area contributed by atoms with Crippen LogP contribution in [0.1, 0.15) is 0 Å². The second kappa shape index (κ2) is 4.76. The van der Waals surface area contributed by atoms with Gasteiger partial charge in [0, 0.05) is 0 Å². The molecule has 1 unspecified atom stereocenters. The monoisotopic (exact) mass is 352 g/mol. The van der Waals surface area contributed by atoms with Crippen molar-refractivity contribution in [3.05, 3.63) is 0 Å². The van der Waals surface area contributed by atoms with Crippen molar-refractivity contribution in [1.82, 2.24) is 0 Å². The van der Waals surface area contributed by atoms with Crippen molar-refractivity contribution in [3.63, 3.8) is 0 Å². The number of hydrogen-bond acceptors (Lipinski definition) is 2. The van der Waals surface area contributed by atoms with Gasteiger partial charge in [0.1, 0.15) is 0 Å². The average molecular weight is 352 g/mol. The molecule has 0 aliphatic rings. The molecule has 128 valence electrons. The highest BCUT2D eigenvalue weighted by molar-refractivity contribution is 4.97. The molecule has 1 N–H and O–H groups in total. The molecule has 0 aliphatic heterocycles. The predicted octanol–water partition coefficient (Wildman–Crippen LogP) is 3.61. The molecule has 0 aromatic carbocycles. The van der Waals surface area contributed by atoms with Crippen molar-refractivity contribution < 1.29 is 66.9 Å². The van der Waals surface area contributed by atoms with Crippen LogP contribution >= 0.6 is 0 Å². The van der Waals surface area contributed by atoms with Crippen molar-refractivity contribution >= 4 is 0 Å². The first-order valence-electron chi connectivity index (χ1n) is 4.09. The van der Waals surface area contributed by atoms with Crippen molar-refractivity contribution in [2.75, 3.05) is 0 Å². The van der Waals surface area contributed by atoms with Crippen molar-refractivity contribution in [1.29, 1.82) is 0 Å². The van der Waals surface area contributed by atoms with Gasteiger partial charge in [0.05, 0.1) is 0 Å². The highest BCUT2D eigenvalue weighted by Crippen LogP contribution is 2.55. The van der Waals surface area contributed by atoms with E-state index < -0.39 is 36.3 Å². The Morgan fingerprint density at radius 2 is 0.857 bits per heavy atom. The minimum absolute atomic E-state index is 1.44. The molecule has 0 aromatic heterocycles. The molecule has 0 spiro atoms. The Hall–Kier alpha value is -0.990. The van der Waals surface area contributed by atoms with Crippen molar-refractivity contribution in [2.45, 2.75) is 36.3 Å². The summed E-state index contributed by atoms with van der Waals surface area (Å²) in [7, 11) is 0. The van der Waals surface area contributed by atoms with E-state index in [-0.39, 0.29) is 0 Å². The molecule has 0 fully saturated rings. The number of rotatable bonds is 4. The zero-order valence-corrected chi connectivity index (χ0v) is 8.77. The maximum absolute atomic E-state index is 12.4. The largest absolute Gasteiger partial charge is 0.478 e. The van der Waals surface area contributed by atoms with Crippen LogP contribution in [0.3, 0.4) is 0 Å². The van der Waals surface area contributed by atoms with Crippen molar-refractivity contribution in [3.8, 4) is 0 Å². The minimum Gasteiger partial charge on any atom is -0.332 e. The smallest absolute Gasteiger partial charge is 0.332 e. The molecule has 21 heavy (non-hydrogen) atoms. The van der Waals surface area contributed by atoms with Crippen LogP contribution in [0.2, 0.25) is 0 Å². The summed E-state index contributed by atoms with van der Waals surface area (Å²) in [6.07, 6.45) is -21.6. The molecule has 0 rings (SSSR count). The standard InChI is InChI=1S/C6HF13O2/c7-1(8,3(11,12)13)2(9,10)5(17,18)21-6(19,20)4(14,15)16/h20H. The summed E-state index contributed by atoms with van der Waals surface area (Å²) in [5.41, 5.74) is 0. The van der Waals surface area contributed by atoms with Gasteiger partial charge in [-0.15, -0.1) is 0 Å². The zero-order valence-electron chi connectivity index (χ0n) is 8.77. The topological polar surface area (TPSA) is 29.5 Å². The molecule has 0 aliphatic carbocycles. The second-order valence-corrected chi connectivity index (χ2v) is 3.32. The Bertz CT molecular complexity index is 377. The fourth-order valence-corrected chi connectivity index (χ4v) is 0.653. The molecule has 2 nitrogen and oxygen atoms in total. The third-order valence-electron chi connectivity index (χ3n) is 1.73. The van der Waals surface area contributed by atoms with Gasteiger partial charge in [0.2, 0.25) is 0 Å². The van der Waals surface area contributed by atoms with E-state index in [1.54, 1.807) is 0 Å². The Morgan fingerprint density at radius 1 is 0.524 bits per heavy atom. The molecular weight excluding hydrogens is 351 g/mol. The number of aliphatic hydroxyl groups is 1. The zero-order chi connectivity index (χ0) is 17.7. The van der Waals surface area contributed by atoms with E-state index >= 15 is 0 Å². The lowest BCUT2D eigenvalue weighted by molar-refractivity contribution is -0.528. The van der Waals surface area contributed by atoms with Crippen LogP contribution in [-0.4, -0.2) is 41.5 Å².